The molecule has 1 amide bonds. The van der Waals surface area contributed by atoms with Crippen LogP contribution in [0, 0.1) is 19.3 Å². The van der Waals surface area contributed by atoms with Crippen LogP contribution in [0.1, 0.15) is 54.4 Å². The third kappa shape index (κ3) is 3.00. The minimum absolute atomic E-state index is 0.00785. The Morgan fingerprint density at radius 3 is 2.28 bits per heavy atom. The molecule has 2 heterocycles. The van der Waals surface area contributed by atoms with Gasteiger partial charge in [-0.05, 0) is 33.6 Å². The number of aliphatic hydroxyl groups excluding tert-OH is 2. The van der Waals surface area contributed by atoms with Gasteiger partial charge in [0.1, 0.15) is 0 Å². The number of hydrogen-bond donors (Lipinski definition) is 2. The molecule has 2 N–H and O–H groups in total. The van der Waals surface area contributed by atoms with Gasteiger partial charge >= 0.3 is 0 Å². The Bertz CT molecular complexity index is 679. The van der Waals surface area contributed by atoms with Crippen LogP contribution in [0.3, 0.4) is 0 Å². The van der Waals surface area contributed by atoms with Crippen LogP contribution in [0.4, 0.5) is 0 Å². The molecular weight excluding hydrogens is 322 g/mol. The van der Waals surface area contributed by atoms with Crippen LogP contribution in [0.2, 0.25) is 0 Å². The van der Waals surface area contributed by atoms with E-state index < -0.39 is 17.6 Å². The van der Waals surface area contributed by atoms with Crippen molar-refractivity contribution in [2.45, 2.75) is 65.2 Å². The van der Waals surface area contributed by atoms with Gasteiger partial charge in [-0.15, -0.1) is 0 Å². The Balaban J connectivity index is 1.56. The van der Waals surface area contributed by atoms with Crippen molar-refractivity contribution in [3.63, 3.8) is 0 Å². The van der Waals surface area contributed by atoms with Gasteiger partial charge in [0, 0.05) is 43.6 Å². The highest BCUT2D eigenvalue weighted by atomic mass is 16.3. The van der Waals surface area contributed by atoms with Crippen molar-refractivity contribution < 1.29 is 19.8 Å². The summed E-state index contributed by atoms with van der Waals surface area (Å²) in [6.45, 7) is 6.78. The summed E-state index contributed by atoms with van der Waals surface area (Å²) < 4.78 is 1.73. The summed E-state index contributed by atoms with van der Waals surface area (Å²) in [6, 6.07) is 0. The van der Waals surface area contributed by atoms with Crippen molar-refractivity contribution >= 4 is 11.7 Å². The Morgan fingerprint density at radius 2 is 1.80 bits per heavy atom. The summed E-state index contributed by atoms with van der Waals surface area (Å²) in [5, 5.41) is 24.3. The second kappa shape index (κ2) is 6.53. The summed E-state index contributed by atoms with van der Waals surface area (Å²) in [5.41, 5.74) is 1.74. The molecule has 0 radical (unpaired) electrons. The highest BCUT2D eigenvalue weighted by Gasteiger charge is 2.55. The molecule has 0 aromatic carbocycles. The van der Waals surface area contributed by atoms with Crippen molar-refractivity contribution in [1.29, 1.82) is 0 Å². The molecule has 1 aliphatic heterocycles. The molecule has 1 aliphatic carbocycles. The molecule has 0 unspecified atom stereocenters. The predicted molar refractivity (Wildman–Crippen MR) is 91.2 cm³/mol. The number of piperidine rings is 1. The molecule has 2 fully saturated rings. The van der Waals surface area contributed by atoms with E-state index in [9.17, 15) is 19.8 Å². The lowest BCUT2D eigenvalue weighted by atomic mass is 9.58. The number of aromatic nitrogens is 2. The van der Waals surface area contributed by atoms with E-state index in [0.29, 0.717) is 56.6 Å². The Hall–Kier alpha value is -1.73. The second-order valence-electron chi connectivity index (χ2n) is 7.46. The highest BCUT2D eigenvalue weighted by Crippen LogP contribution is 2.49. The molecule has 1 spiro atoms. The zero-order valence-electron chi connectivity index (χ0n) is 15.2. The van der Waals surface area contributed by atoms with E-state index in [1.54, 1.807) is 16.5 Å². The maximum atomic E-state index is 12.5. The zero-order valence-corrected chi connectivity index (χ0v) is 15.2. The van der Waals surface area contributed by atoms with Gasteiger partial charge in [0.15, 0.2) is 5.78 Å². The number of carbonyl (C=O) groups excluding carboxylic acids is 2. The molecule has 7 nitrogen and oxygen atoms in total. The number of carbonyl (C=O) groups is 2. The van der Waals surface area contributed by atoms with Crippen LogP contribution in [0.15, 0.2) is 0 Å². The second-order valence-corrected chi connectivity index (χ2v) is 7.46. The van der Waals surface area contributed by atoms with E-state index in [4.69, 9.17) is 0 Å². The van der Waals surface area contributed by atoms with Crippen LogP contribution < -0.4 is 0 Å². The number of ketones is 1. The van der Waals surface area contributed by atoms with Gasteiger partial charge in [0.05, 0.1) is 23.5 Å². The number of aryl methyl sites for hydroxylation is 2. The number of hydrogen-bond acceptors (Lipinski definition) is 5. The number of nitrogens with zero attached hydrogens (tertiary/aromatic N) is 3. The maximum Gasteiger partial charge on any atom is 0.224 e. The fourth-order valence-electron chi connectivity index (χ4n) is 4.37. The normalized spacial score (nSPS) is 25.1. The van der Waals surface area contributed by atoms with Crippen LogP contribution in [0.25, 0.3) is 0 Å². The molecule has 7 heteroatoms. The van der Waals surface area contributed by atoms with Crippen LogP contribution in [0.5, 0.6) is 0 Å². The van der Waals surface area contributed by atoms with E-state index in [1.807, 2.05) is 6.92 Å². The average Bonchev–Trinajstić information content (AvgIpc) is 2.86. The summed E-state index contributed by atoms with van der Waals surface area (Å²) >= 11 is 0. The first kappa shape index (κ1) is 18.1. The van der Waals surface area contributed by atoms with Gasteiger partial charge in [-0.2, -0.15) is 5.10 Å². The molecule has 138 valence electrons. The van der Waals surface area contributed by atoms with Crippen LogP contribution >= 0.6 is 0 Å². The van der Waals surface area contributed by atoms with E-state index in [-0.39, 0.29) is 11.7 Å². The number of rotatable bonds is 4. The number of aliphatic hydroxyl groups is 2. The lowest BCUT2D eigenvalue weighted by molar-refractivity contribution is -0.191. The molecule has 1 saturated heterocycles. The smallest absolute Gasteiger partial charge is 0.224 e. The first-order chi connectivity index (χ1) is 11.8. The van der Waals surface area contributed by atoms with Crippen molar-refractivity contribution in [3.8, 4) is 0 Å². The fraction of sp³-hybridized carbons (Fsp3) is 0.722. The maximum absolute atomic E-state index is 12.5. The Labute approximate surface area is 147 Å². The van der Waals surface area contributed by atoms with Gasteiger partial charge in [-0.1, -0.05) is 0 Å². The van der Waals surface area contributed by atoms with Gasteiger partial charge in [0.25, 0.3) is 0 Å². The van der Waals surface area contributed by atoms with Crippen molar-refractivity contribution in [3.05, 3.63) is 17.0 Å². The molecule has 0 bridgehead atoms. The SMILES string of the molecule is CC(=O)c1c(C)nn(CCC(=O)N2CCC3(CC2)[C@H](O)C[C@@H]3O)c1C. The standard InChI is InChI=1S/C18H27N3O4/c1-11-17(13(3)22)12(2)21(19-11)7-4-16(25)20-8-5-18(6-9-20)14(23)10-15(18)24/h14-15,23-24H,4-10H2,1-3H3/t14-,15+. The van der Waals surface area contributed by atoms with Crippen molar-refractivity contribution in [1.82, 2.24) is 14.7 Å². The summed E-state index contributed by atoms with van der Waals surface area (Å²) in [6.07, 6.45) is 1.19. The molecule has 1 aromatic rings. The Kier molecular flexibility index (Phi) is 4.72. The molecule has 1 saturated carbocycles. The first-order valence-corrected chi connectivity index (χ1v) is 8.95. The zero-order chi connectivity index (χ0) is 18.4. The van der Waals surface area contributed by atoms with Gasteiger partial charge in [0.2, 0.25) is 5.91 Å². The summed E-state index contributed by atoms with van der Waals surface area (Å²) in [4.78, 5) is 26.0. The third-order valence-corrected chi connectivity index (χ3v) is 6.09. The van der Waals surface area contributed by atoms with Gasteiger partial charge < -0.3 is 15.1 Å². The lowest BCUT2D eigenvalue weighted by Crippen LogP contribution is -2.61. The molecule has 1 aromatic heterocycles. The minimum Gasteiger partial charge on any atom is -0.392 e. The first-order valence-electron chi connectivity index (χ1n) is 8.95. The molecule has 25 heavy (non-hydrogen) atoms. The summed E-state index contributed by atoms with van der Waals surface area (Å²) in [7, 11) is 0. The van der Waals surface area contributed by atoms with E-state index >= 15 is 0 Å². The quantitative estimate of drug-likeness (QED) is 0.785. The number of Topliss-reactive ketones (excluding diaryl/α,β-unsaturated/α-hetero) is 1. The molecule has 2 atom stereocenters. The van der Waals surface area contributed by atoms with E-state index in [1.165, 1.54) is 6.92 Å². The lowest BCUT2D eigenvalue weighted by Gasteiger charge is -2.55. The predicted octanol–water partition coefficient (Wildman–Crippen LogP) is 0.827. The van der Waals surface area contributed by atoms with Crippen LogP contribution in [-0.4, -0.2) is 61.9 Å². The molecular formula is C18H27N3O4. The van der Waals surface area contributed by atoms with E-state index in [0.717, 1.165) is 5.69 Å². The number of amides is 1. The fourth-order valence-corrected chi connectivity index (χ4v) is 4.37. The molecule has 3 rings (SSSR count). The van der Waals surface area contributed by atoms with Gasteiger partial charge in [-0.3, -0.25) is 14.3 Å². The van der Waals surface area contributed by atoms with Gasteiger partial charge in [-0.25, -0.2) is 0 Å². The molecule has 2 aliphatic rings. The monoisotopic (exact) mass is 349 g/mol. The van der Waals surface area contributed by atoms with Crippen molar-refractivity contribution in [2.75, 3.05) is 13.1 Å². The van der Waals surface area contributed by atoms with Crippen molar-refractivity contribution in [2.24, 2.45) is 5.41 Å². The highest BCUT2D eigenvalue weighted by molar-refractivity contribution is 5.96. The topological polar surface area (TPSA) is 95.7 Å². The largest absolute Gasteiger partial charge is 0.392 e. The average molecular weight is 349 g/mol. The Morgan fingerprint density at radius 1 is 1.20 bits per heavy atom. The summed E-state index contributed by atoms with van der Waals surface area (Å²) in [5.74, 6) is 0.0431. The van der Waals surface area contributed by atoms with E-state index in [2.05, 4.69) is 5.10 Å². The third-order valence-electron chi connectivity index (χ3n) is 6.09. The minimum atomic E-state index is -0.445. The number of likely N-dealkylation sites (tertiary alicyclic amines) is 1. The van der Waals surface area contributed by atoms with Crippen LogP contribution in [-0.2, 0) is 11.3 Å².